The van der Waals surface area contributed by atoms with Gasteiger partial charge in [-0.1, -0.05) is 6.92 Å². The Kier molecular flexibility index (Phi) is 3.10. The topological polar surface area (TPSA) is 70.7 Å². The van der Waals surface area contributed by atoms with Crippen molar-refractivity contribution in [2.45, 2.75) is 26.2 Å². The summed E-state index contributed by atoms with van der Waals surface area (Å²) in [5.74, 6) is 0.0752. The molecule has 0 aliphatic carbocycles. The second-order valence-corrected chi connectivity index (χ2v) is 6.01. The first-order valence-electron chi connectivity index (χ1n) is 7.73. The fourth-order valence-corrected chi connectivity index (χ4v) is 3.12. The number of nitrogens with one attached hydrogen (secondary N) is 1. The Morgan fingerprint density at radius 3 is 2.91 bits per heavy atom. The number of oxazole rings is 1. The largest absolute Gasteiger partial charge is 0.423 e. The first-order valence-corrected chi connectivity index (χ1v) is 7.73. The average Bonchev–Trinajstić information content (AvgIpc) is 3.15. The number of carbonyl (C=O) groups is 1. The van der Waals surface area contributed by atoms with Gasteiger partial charge in [-0.15, -0.1) is 0 Å². The van der Waals surface area contributed by atoms with Crippen LogP contribution in [0.1, 0.15) is 31.7 Å². The average molecular weight is 298 g/mol. The van der Waals surface area contributed by atoms with Gasteiger partial charge in [0.2, 0.25) is 5.91 Å². The normalized spacial score (nSPS) is 22.0. The molecule has 0 radical (unpaired) electrons. The molecule has 1 N–H and O–H groups in total. The number of fused-ring (bicyclic) bond motifs is 1. The molecule has 22 heavy (non-hydrogen) atoms. The van der Waals surface area contributed by atoms with Crippen LogP contribution < -0.4 is 10.3 Å². The van der Waals surface area contributed by atoms with Crippen molar-refractivity contribution < 1.29 is 9.21 Å². The maximum absolute atomic E-state index is 11.4. The summed E-state index contributed by atoms with van der Waals surface area (Å²) in [5.41, 5.74) is 6.07. The number of benzene rings is 1. The van der Waals surface area contributed by atoms with Gasteiger partial charge >= 0.3 is 0 Å². The van der Waals surface area contributed by atoms with Crippen LogP contribution in [0.2, 0.25) is 0 Å². The molecule has 3 heterocycles. The lowest BCUT2D eigenvalue weighted by Gasteiger charge is -2.18. The maximum Gasteiger partial charge on any atom is 0.298 e. The molecule has 1 aromatic carbocycles. The minimum atomic E-state index is -0.0323. The highest BCUT2D eigenvalue weighted by atomic mass is 16.4. The SMILES string of the molecule is CC1CC(=O)NN=C1c1ccc2oc(N3CCCC3)nc2c1. The summed E-state index contributed by atoms with van der Waals surface area (Å²) in [4.78, 5) is 18.2. The van der Waals surface area contributed by atoms with Crippen LogP contribution in [0.5, 0.6) is 0 Å². The maximum atomic E-state index is 11.4. The van der Waals surface area contributed by atoms with Gasteiger partial charge in [0.25, 0.3) is 6.01 Å². The molecular weight excluding hydrogens is 280 g/mol. The summed E-state index contributed by atoms with van der Waals surface area (Å²) >= 11 is 0. The van der Waals surface area contributed by atoms with Crippen molar-refractivity contribution in [3.8, 4) is 0 Å². The Morgan fingerprint density at radius 2 is 2.14 bits per heavy atom. The predicted octanol–water partition coefficient (Wildman–Crippen LogP) is 2.29. The Hall–Kier alpha value is -2.37. The van der Waals surface area contributed by atoms with Crippen LogP contribution in [0.3, 0.4) is 0 Å². The van der Waals surface area contributed by atoms with E-state index in [1.807, 2.05) is 25.1 Å². The number of rotatable bonds is 2. The zero-order valence-corrected chi connectivity index (χ0v) is 12.5. The third-order valence-corrected chi connectivity index (χ3v) is 4.31. The number of hydrazone groups is 1. The molecule has 4 rings (SSSR count). The lowest BCUT2D eigenvalue weighted by atomic mass is 9.94. The standard InChI is InChI=1S/C16H18N4O2/c1-10-8-14(21)18-19-15(10)11-4-5-13-12(9-11)17-16(22-13)20-6-2-3-7-20/h4-5,9-10H,2-3,6-8H2,1H3,(H,18,21). The molecule has 0 spiro atoms. The third-order valence-electron chi connectivity index (χ3n) is 4.31. The number of carbonyl (C=O) groups excluding carboxylic acids is 1. The highest BCUT2D eigenvalue weighted by molar-refractivity contribution is 6.07. The number of hydrogen-bond donors (Lipinski definition) is 1. The fourth-order valence-electron chi connectivity index (χ4n) is 3.12. The lowest BCUT2D eigenvalue weighted by Crippen LogP contribution is -2.31. The van der Waals surface area contributed by atoms with E-state index in [9.17, 15) is 4.79 Å². The van der Waals surface area contributed by atoms with E-state index >= 15 is 0 Å². The molecular formula is C16H18N4O2. The van der Waals surface area contributed by atoms with Crippen LogP contribution in [-0.2, 0) is 4.79 Å². The number of amides is 1. The molecule has 1 saturated heterocycles. The molecule has 2 aliphatic heterocycles. The van der Waals surface area contributed by atoms with Crippen molar-refractivity contribution in [1.29, 1.82) is 0 Å². The zero-order chi connectivity index (χ0) is 15.1. The van der Waals surface area contributed by atoms with Crippen molar-refractivity contribution in [3.05, 3.63) is 23.8 Å². The van der Waals surface area contributed by atoms with Crippen molar-refractivity contribution >= 4 is 28.7 Å². The van der Waals surface area contributed by atoms with E-state index in [1.165, 1.54) is 12.8 Å². The van der Waals surface area contributed by atoms with Gasteiger partial charge < -0.3 is 9.32 Å². The summed E-state index contributed by atoms with van der Waals surface area (Å²) in [7, 11) is 0. The molecule has 0 bridgehead atoms. The first-order chi connectivity index (χ1) is 10.7. The van der Waals surface area contributed by atoms with E-state index in [0.717, 1.165) is 35.5 Å². The first kappa shape index (κ1) is 13.3. The molecule has 1 unspecified atom stereocenters. The minimum Gasteiger partial charge on any atom is -0.423 e. The Balaban J connectivity index is 1.69. The second-order valence-electron chi connectivity index (χ2n) is 6.01. The van der Waals surface area contributed by atoms with Crippen LogP contribution in [0.25, 0.3) is 11.1 Å². The van der Waals surface area contributed by atoms with E-state index in [-0.39, 0.29) is 11.8 Å². The van der Waals surface area contributed by atoms with Crippen LogP contribution in [0.15, 0.2) is 27.7 Å². The number of anilines is 1. The Labute approximate surface area is 128 Å². The molecule has 0 saturated carbocycles. The third kappa shape index (κ3) is 2.24. The van der Waals surface area contributed by atoms with Crippen LogP contribution in [0, 0.1) is 5.92 Å². The van der Waals surface area contributed by atoms with Gasteiger partial charge in [0.1, 0.15) is 5.52 Å². The van der Waals surface area contributed by atoms with Gasteiger partial charge in [-0.25, -0.2) is 5.43 Å². The van der Waals surface area contributed by atoms with Gasteiger partial charge in [-0.3, -0.25) is 4.79 Å². The molecule has 114 valence electrons. The minimum absolute atomic E-state index is 0.0323. The van der Waals surface area contributed by atoms with Crippen molar-refractivity contribution in [2.24, 2.45) is 11.0 Å². The smallest absolute Gasteiger partial charge is 0.298 e. The monoisotopic (exact) mass is 298 g/mol. The van der Waals surface area contributed by atoms with Crippen molar-refractivity contribution in [2.75, 3.05) is 18.0 Å². The molecule has 1 aromatic heterocycles. The number of hydrogen-bond acceptors (Lipinski definition) is 5. The highest BCUT2D eigenvalue weighted by Gasteiger charge is 2.23. The summed E-state index contributed by atoms with van der Waals surface area (Å²) in [6, 6.07) is 6.61. The lowest BCUT2D eigenvalue weighted by molar-refractivity contribution is -0.121. The summed E-state index contributed by atoms with van der Waals surface area (Å²) < 4.78 is 5.84. The molecule has 2 aromatic rings. The van der Waals surface area contributed by atoms with Crippen LogP contribution in [-0.4, -0.2) is 29.7 Å². The van der Waals surface area contributed by atoms with Crippen molar-refractivity contribution in [3.63, 3.8) is 0 Å². The summed E-state index contributed by atoms with van der Waals surface area (Å²) in [5, 5.41) is 4.20. The van der Waals surface area contributed by atoms with Crippen LogP contribution >= 0.6 is 0 Å². The fraction of sp³-hybridized carbons (Fsp3) is 0.438. The zero-order valence-electron chi connectivity index (χ0n) is 12.5. The van der Waals surface area contributed by atoms with E-state index in [4.69, 9.17) is 4.42 Å². The summed E-state index contributed by atoms with van der Waals surface area (Å²) in [6.07, 6.45) is 2.85. The van der Waals surface area contributed by atoms with E-state index in [1.54, 1.807) is 0 Å². The Bertz CT molecular complexity index is 759. The molecule has 6 heteroatoms. The van der Waals surface area contributed by atoms with Crippen molar-refractivity contribution in [1.82, 2.24) is 10.4 Å². The predicted molar refractivity (Wildman–Crippen MR) is 83.9 cm³/mol. The van der Waals surface area contributed by atoms with E-state index in [2.05, 4.69) is 20.4 Å². The number of nitrogens with zero attached hydrogens (tertiary/aromatic N) is 3. The van der Waals surface area contributed by atoms with Gasteiger partial charge in [0.15, 0.2) is 5.58 Å². The van der Waals surface area contributed by atoms with Gasteiger partial charge in [0.05, 0.1) is 5.71 Å². The number of aromatic nitrogens is 1. The molecule has 1 fully saturated rings. The Morgan fingerprint density at radius 1 is 1.32 bits per heavy atom. The molecule has 2 aliphatic rings. The van der Waals surface area contributed by atoms with Gasteiger partial charge in [-0.05, 0) is 31.0 Å². The molecule has 6 nitrogen and oxygen atoms in total. The summed E-state index contributed by atoms with van der Waals surface area (Å²) in [6.45, 7) is 4.03. The quantitative estimate of drug-likeness (QED) is 0.923. The van der Waals surface area contributed by atoms with Gasteiger partial charge in [0, 0.05) is 31.0 Å². The van der Waals surface area contributed by atoms with Crippen LogP contribution in [0.4, 0.5) is 6.01 Å². The second kappa shape index (κ2) is 5.12. The molecule has 1 amide bonds. The highest BCUT2D eigenvalue weighted by Crippen LogP contribution is 2.27. The van der Waals surface area contributed by atoms with Gasteiger partial charge in [-0.2, -0.15) is 10.1 Å². The molecule has 1 atom stereocenters. The van der Waals surface area contributed by atoms with E-state index in [0.29, 0.717) is 12.4 Å². The van der Waals surface area contributed by atoms with E-state index < -0.39 is 0 Å².